The predicted octanol–water partition coefficient (Wildman–Crippen LogP) is 8.66. The zero-order chi connectivity index (χ0) is 26.5. The summed E-state index contributed by atoms with van der Waals surface area (Å²) in [6.45, 7) is 7.03. The second kappa shape index (κ2) is 15.3. The summed E-state index contributed by atoms with van der Waals surface area (Å²) in [7, 11) is 0. The van der Waals surface area contributed by atoms with Gasteiger partial charge in [0.1, 0.15) is 17.1 Å². The highest BCUT2D eigenvalue weighted by Crippen LogP contribution is 2.45. The van der Waals surface area contributed by atoms with Crippen LogP contribution in [-0.2, 0) is 21.5 Å². The number of ether oxygens (including phenoxy) is 2. The number of cyclic esters (lactones) is 1. The number of nitrogens with one attached hydrogen (secondary N) is 1. The minimum Gasteiger partial charge on any atom is -0.611 e. The summed E-state index contributed by atoms with van der Waals surface area (Å²) in [5, 5.41) is 2.90. The molecule has 0 aromatic heterocycles. The van der Waals surface area contributed by atoms with Crippen LogP contribution in [0.5, 0.6) is 5.75 Å². The molecule has 1 N–H and O–H groups in total. The second-order valence-electron chi connectivity index (χ2n) is 10.3. The maximum atomic E-state index is 12.5. The number of hydrogen-bond donors (Lipinski definition) is 1. The van der Waals surface area contributed by atoms with Crippen LogP contribution in [0.2, 0.25) is 0 Å². The fourth-order valence-corrected chi connectivity index (χ4v) is 6.11. The zero-order valence-electron chi connectivity index (χ0n) is 23.0. The van der Waals surface area contributed by atoms with Gasteiger partial charge in [-0.2, -0.15) is 0 Å². The van der Waals surface area contributed by atoms with Gasteiger partial charge in [-0.25, -0.2) is 4.79 Å². The molecule has 3 rings (SSSR count). The lowest BCUT2D eigenvalue weighted by Crippen LogP contribution is -2.39. The SMILES string of the molecule is CCCCCCC1(CCCCCC)OC(=O)Nc2ccc(OCCCC[S+]([O-])c3ccc(C)cc3)cc21. The lowest BCUT2D eigenvalue weighted by atomic mass is 9.81. The molecule has 1 heterocycles. The second-order valence-corrected chi connectivity index (χ2v) is 11.8. The molecule has 0 saturated heterocycles. The van der Waals surface area contributed by atoms with E-state index in [0.29, 0.717) is 12.4 Å². The van der Waals surface area contributed by atoms with Crippen LogP contribution < -0.4 is 10.1 Å². The summed E-state index contributed by atoms with van der Waals surface area (Å²) in [5.41, 5.74) is 2.46. The highest BCUT2D eigenvalue weighted by molar-refractivity contribution is 7.91. The van der Waals surface area contributed by atoms with E-state index in [2.05, 4.69) is 25.2 Å². The molecule has 1 atom stereocenters. The summed E-state index contributed by atoms with van der Waals surface area (Å²) < 4.78 is 24.7. The molecule has 5 nitrogen and oxygen atoms in total. The Bertz CT molecular complexity index is 950. The average Bonchev–Trinajstić information content (AvgIpc) is 2.89. The number of carbonyl (C=O) groups is 1. The summed E-state index contributed by atoms with van der Waals surface area (Å²) in [4.78, 5) is 13.4. The molecule has 0 saturated carbocycles. The summed E-state index contributed by atoms with van der Waals surface area (Å²) in [6, 6.07) is 13.9. The first-order valence-electron chi connectivity index (χ1n) is 14.2. The molecule has 2 aromatic rings. The van der Waals surface area contributed by atoms with Crippen LogP contribution in [0, 0.1) is 6.92 Å². The van der Waals surface area contributed by atoms with Crippen molar-refractivity contribution in [3.63, 3.8) is 0 Å². The minimum absolute atomic E-state index is 0.353. The van der Waals surface area contributed by atoms with E-state index in [9.17, 15) is 9.35 Å². The molecule has 37 heavy (non-hydrogen) atoms. The van der Waals surface area contributed by atoms with Gasteiger partial charge in [0, 0.05) is 5.56 Å². The highest BCUT2D eigenvalue weighted by atomic mass is 32.2. The van der Waals surface area contributed by atoms with E-state index in [1.165, 1.54) is 31.2 Å². The van der Waals surface area contributed by atoms with Gasteiger partial charge in [0.05, 0.1) is 12.3 Å². The third-order valence-corrected chi connectivity index (χ3v) is 8.61. The maximum Gasteiger partial charge on any atom is 0.412 e. The first-order chi connectivity index (χ1) is 18.0. The van der Waals surface area contributed by atoms with Crippen molar-refractivity contribution in [1.29, 1.82) is 0 Å². The van der Waals surface area contributed by atoms with Gasteiger partial charge in [0.2, 0.25) is 0 Å². The van der Waals surface area contributed by atoms with Crippen LogP contribution in [0.25, 0.3) is 0 Å². The quantitative estimate of drug-likeness (QED) is 0.165. The molecule has 204 valence electrons. The Kier molecular flexibility index (Phi) is 12.1. The van der Waals surface area contributed by atoms with E-state index in [4.69, 9.17) is 9.47 Å². The molecule has 1 amide bonds. The topological polar surface area (TPSA) is 70.6 Å². The van der Waals surface area contributed by atoms with E-state index >= 15 is 0 Å². The number of anilines is 1. The standard InChI is InChI=1S/C31H45NO4S/c1-4-6-8-10-20-31(21-11-9-7-5-2)28-24-26(16-19-29(28)32-30(33)36-31)35-22-12-13-23-37(34)27-17-14-25(3)15-18-27/h14-19,24H,4-13,20-23H2,1-3H3,(H,32,33). The Labute approximate surface area is 226 Å². The van der Waals surface area contributed by atoms with E-state index in [1.807, 2.05) is 43.3 Å². The van der Waals surface area contributed by atoms with Gasteiger partial charge >= 0.3 is 6.09 Å². The summed E-state index contributed by atoms with van der Waals surface area (Å²) in [6.07, 6.45) is 12.1. The van der Waals surface area contributed by atoms with Gasteiger partial charge in [-0.1, -0.05) is 70.1 Å². The smallest absolute Gasteiger partial charge is 0.412 e. The normalized spacial score (nSPS) is 15.0. The Morgan fingerprint density at radius 1 is 0.892 bits per heavy atom. The fourth-order valence-electron chi connectivity index (χ4n) is 4.97. The van der Waals surface area contributed by atoms with Crippen molar-refractivity contribution in [1.82, 2.24) is 0 Å². The van der Waals surface area contributed by atoms with Crippen molar-refractivity contribution in [2.45, 2.75) is 108 Å². The molecule has 0 radical (unpaired) electrons. The first-order valence-corrected chi connectivity index (χ1v) is 15.5. The number of fused-ring (bicyclic) bond motifs is 1. The van der Waals surface area contributed by atoms with Crippen LogP contribution in [0.1, 0.15) is 102 Å². The minimum atomic E-state index is -0.978. The molecule has 1 unspecified atom stereocenters. The van der Waals surface area contributed by atoms with E-state index < -0.39 is 16.8 Å². The number of carbonyl (C=O) groups excluding carboxylic acids is 1. The van der Waals surface area contributed by atoms with Crippen LogP contribution in [0.15, 0.2) is 47.4 Å². The Hall–Kier alpha value is -2.18. The van der Waals surface area contributed by atoms with Crippen LogP contribution >= 0.6 is 0 Å². The number of aryl methyl sites for hydroxylation is 1. The zero-order valence-corrected chi connectivity index (χ0v) is 23.8. The number of amides is 1. The molecule has 0 aliphatic carbocycles. The first kappa shape index (κ1) is 29.4. The van der Waals surface area contributed by atoms with Gasteiger partial charge in [-0.15, -0.1) is 0 Å². The van der Waals surface area contributed by atoms with Gasteiger partial charge in [0.25, 0.3) is 0 Å². The van der Waals surface area contributed by atoms with Gasteiger partial charge in [0.15, 0.2) is 4.90 Å². The van der Waals surface area contributed by atoms with Gasteiger partial charge in [-0.05, 0) is 87.0 Å². The Morgan fingerprint density at radius 3 is 2.22 bits per heavy atom. The summed E-state index contributed by atoms with van der Waals surface area (Å²) in [5.74, 6) is 1.43. The molecular weight excluding hydrogens is 482 g/mol. The van der Waals surface area contributed by atoms with Crippen molar-refractivity contribution >= 4 is 23.0 Å². The van der Waals surface area contributed by atoms with Crippen LogP contribution in [-0.4, -0.2) is 23.0 Å². The fraction of sp³-hybridized carbons (Fsp3) is 0.581. The number of benzene rings is 2. The lowest BCUT2D eigenvalue weighted by Gasteiger charge is -2.39. The van der Waals surface area contributed by atoms with Crippen molar-refractivity contribution in [3.05, 3.63) is 53.6 Å². The molecule has 0 bridgehead atoms. The molecule has 1 aliphatic heterocycles. The monoisotopic (exact) mass is 527 g/mol. The number of hydrogen-bond acceptors (Lipinski definition) is 4. The number of unbranched alkanes of at least 4 members (excludes halogenated alkanes) is 7. The largest absolute Gasteiger partial charge is 0.611 e. The molecule has 0 fully saturated rings. The van der Waals surface area contributed by atoms with Crippen LogP contribution in [0.4, 0.5) is 10.5 Å². The molecule has 0 spiro atoms. The Morgan fingerprint density at radius 2 is 1.57 bits per heavy atom. The third kappa shape index (κ3) is 8.96. The van der Waals surface area contributed by atoms with E-state index in [1.54, 1.807) is 0 Å². The lowest BCUT2D eigenvalue weighted by molar-refractivity contribution is -0.00703. The predicted molar refractivity (Wildman–Crippen MR) is 153 cm³/mol. The molecule has 2 aromatic carbocycles. The maximum absolute atomic E-state index is 12.5. The third-order valence-electron chi connectivity index (χ3n) is 7.15. The van der Waals surface area contributed by atoms with Gasteiger partial charge in [-0.3, -0.25) is 5.32 Å². The van der Waals surface area contributed by atoms with Crippen molar-refractivity contribution in [2.75, 3.05) is 17.7 Å². The average molecular weight is 528 g/mol. The van der Waals surface area contributed by atoms with Crippen molar-refractivity contribution in [3.8, 4) is 5.75 Å². The van der Waals surface area contributed by atoms with Crippen molar-refractivity contribution in [2.24, 2.45) is 0 Å². The Balaban J connectivity index is 1.61. The molecule has 6 heteroatoms. The molecular formula is C31H45NO4S. The highest BCUT2D eigenvalue weighted by Gasteiger charge is 2.41. The van der Waals surface area contributed by atoms with E-state index in [-0.39, 0.29) is 6.09 Å². The van der Waals surface area contributed by atoms with Crippen molar-refractivity contribution < 1.29 is 18.8 Å². The molecule has 1 aliphatic rings. The van der Waals surface area contributed by atoms with E-state index in [0.717, 1.165) is 73.3 Å². The summed E-state index contributed by atoms with van der Waals surface area (Å²) >= 11 is -0.978. The number of rotatable bonds is 17. The van der Waals surface area contributed by atoms with Crippen LogP contribution in [0.3, 0.4) is 0 Å². The van der Waals surface area contributed by atoms with Gasteiger partial charge < -0.3 is 14.0 Å².